The fraction of sp³-hybridized carbons (Fsp3) is 0.769. The van der Waals surface area contributed by atoms with Crippen LogP contribution in [0.25, 0.3) is 0 Å². The summed E-state index contributed by atoms with van der Waals surface area (Å²) in [6, 6.07) is 0. The van der Waals surface area contributed by atoms with Crippen LogP contribution in [0.1, 0.15) is 40.0 Å². The minimum absolute atomic E-state index is 0.212. The Morgan fingerprint density at radius 2 is 2.00 bits per heavy atom. The number of hydrogen-bond donors (Lipinski definition) is 0. The van der Waals surface area contributed by atoms with E-state index in [-0.39, 0.29) is 6.09 Å². The molecule has 0 saturated carbocycles. The largest absolute Gasteiger partial charge is 0.504 e. The van der Waals surface area contributed by atoms with Gasteiger partial charge in [-0.2, -0.15) is 0 Å². The molecule has 1 saturated heterocycles. The highest BCUT2D eigenvalue weighted by atomic mass is 16.6. The predicted octanol–water partition coefficient (Wildman–Crippen LogP) is 2.94. The van der Waals surface area contributed by atoms with Crippen molar-refractivity contribution in [3.05, 3.63) is 11.8 Å². The molecule has 0 N–H and O–H groups in total. The minimum Gasteiger partial charge on any atom is -0.504 e. The number of likely N-dealkylation sites (tertiary alicyclic amines) is 1. The van der Waals surface area contributed by atoms with Gasteiger partial charge in [0.15, 0.2) is 0 Å². The van der Waals surface area contributed by atoms with Crippen LogP contribution < -0.4 is 0 Å². The lowest BCUT2D eigenvalue weighted by atomic mass is 10.1. The Morgan fingerprint density at radius 3 is 2.59 bits per heavy atom. The van der Waals surface area contributed by atoms with Crippen molar-refractivity contribution >= 4 is 6.09 Å². The molecule has 4 heteroatoms. The first kappa shape index (κ1) is 13.9. The van der Waals surface area contributed by atoms with Gasteiger partial charge in [-0.3, -0.25) is 0 Å². The average molecular weight is 241 g/mol. The summed E-state index contributed by atoms with van der Waals surface area (Å²) in [4.78, 5) is 13.7. The van der Waals surface area contributed by atoms with Gasteiger partial charge in [-0.15, -0.1) is 0 Å². The molecule has 1 aliphatic heterocycles. The zero-order valence-electron chi connectivity index (χ0n) is 11.3. The first-order valence-electron chi connectivity index (χ1n) is 6.11. The Balaban J connectivity index is 2.51. The van der Waals surface area contributed by atoms with Gasteiger partial charge in [0.05, 0.1) is 13.4 Å². The lowest BCUT2D eigenvalue weighted by molar-refractivity contribution is 0.0258. The summed E-state index contributed by atoms with van der Waals surface area (Å²) in [5, 5.41) is 0. The lowest BCUT2D eigenvalue weighted by Crippen LogP contribution is -2.37. The molecule has 0 aromatic rings. The first-order chi connectivity index (χ1) is 7.92. The summed E-state index contributed by atoms with van der Waals surface area (Å²) in [7, 11) is 1.66. The number of rotatable bonds is 1. The van der Waals surface area contributed by atoms with Gasteiger partial charge in [0.2, 0.25) is 0 Å². The number of ether oxygens (including phenoxy) is 2. The molecule has 0 aliphatic carbocycles. The highest BCUT2D eigenvalue weighted by molar-refractivity contribution is 5.68. The number of carbonyl (C=O) groups excluding carboxylic acids is 1. The SMILES string of the molecule is CO/C=C1\CCCN(C(=O)OC(C)(C)C)CC1. The maximum absolute atomic E-state index is 11.9. The molecule has 0 aromatic carbocycles. The molecule has 1 aliphatic rings. The van der Waals surface area contributed by atoms with Gasteiger partial charge < -0.3 is 14.4 Å². The number of carbonyl (C=O) groups is 1. The summed E-state index contributed by atoms with van der Waals surface area (Å²) in [6.45, 7) is 7.14. The van der Waals surface area contributed by atoms with Gasteiger partial charge in [-0.25, -0.2) is 4.79 Å². The summed E-state index contributed by atoms with van der Waals surface area (Å²) < 4.78 is 10.4. The van der Waals surface area contributed by atoms with Crippen molar-refractivity contribution in [3.8, 4) is 0 Å². The fourth-order valence-electron chi connectivity index (χ4n) is 1.81. The molecule has 0 atom stereocenters. The van der Waals surface area contributed by atoms with Crippen molar-refractivity contribution in [2.45, 2.75) is 45.6 Å². The second-order valence-corrected chi connectivity index (χ2v) is 5.33. The van der Waals surface area contributed by atoms with Crippen molar-refractivity contribution in [3.63, 3.8) is 0 Å². The van der Waals surface area contributed by atoms with Gasteiger partial charge in [-0.1, -0.05) is 0 Å². The van der Waals surface area contributed by atoms with Gasteiger partial charge in [0, 0.05) is 13.1 Å². The van der Waals surface area contributed by atoms with Crippen LogP contribution in [0.4, 0.5) is 4.79 Å². The third kappa shape index (κ3) is 5.11. The van der Waals surface area contributed by atoms with E-state index in [1.54, 1.807) is 18.3 Å². The maximum Gasteiger partial charge on any atom is 0.410 e. The maximum atomic E-state index is 11.9. The van der Waals surface area contributed by atoms with E-state index in [1.165, 1.54) is 5.57 Å². The van der Waals surface area contributed by atoms with Crippen molar-refractivity contribution in [2.75, 3.05) is 20.2 Å². The summed E-state index contributed by atoms with van der Waals surface area (Å²) in [6.07, 6.45) is 4.41. The van der Waals surface area contributed by atoms with Crippen LogP contribution in [0.5, 0.6) is 0 Å². The van der Waals surface area contributed by atoms with Crippen LogP contribution in [0, 0.1) is 0 Å². The molecule has 4 nitrogen and oxygen atoms in total. The average Bonchev–Trinajstić information content (AvgIpc) is 2.41. The quantitative estimate of drug-likeness (QED) is 0.662. The van der Waals surface area contributed by atoms with Crippen LogP contribution in [-0.2, 0) is 9.47 Å². The Morgan fingerprint density at radius 1 is 1.29 bits per heavy atom. The van der Waals surface area contributed by atoms with E-state index in [0.29, 0.717) is 6.54 Å². The molecule has 0 spiro atoms. The normalized spacial score (nSPS) is 20.0. The van der Waals surface area contributed by atoms with E-state index in [0.717, 1.165) is 25.8 Å². The molecule has 1 amide bonds. The Bertz CT molecular complexity index is 292. The fourth-order valence-corrected chi connectivity index (χ4v) is 1.81. The number of nitrogens with zero attached hydrogens (tertiary/aromatic N) is 1. The van der Waals surface area contributed by atoms with Crippen LogP contribution in [0.3, 0.4) is 0 Å². The molecule has 98 valence electrons. The van der Waals surface area contributed by atoms with E-state index >= 15 is 0 Å². The number of amides is 1. The third-order valence-electron chi connectivity index (χ3n) is 2.56. The Hall–Kier alpha value is -1.19. The molecule has 0 unspecified atom stereocenters. The van der Waals surface area contributed by atoms with Gasteiger partial charge in [0.1, 0.15) is 5.60 Å². The lowest BCUT2D eigenvalue weighted by Gasteiger charge is -2.26. The number of hydrogen-bond acceptors (Lipinski definition) is 3. The summed E-state index contributed by atoms with van der Waals surface area (Å²) in [5.74, 6) is 0. The van der Waals surface area contributed by atoms with Crippen molar-refractivity contribution < 1.29 is 14.3 Å². The zero-order chi connectivity index (χ0) is 12.9. The Labute approximate surface area is 104 Å². The second kappa shape index (κ2) is 5.94. The first-order valence-corrected chi connectivity index (χ1v) is 6.11. The summed E-state index contributed by atoms with van der Waals surface area (Å²) in [5.41, 5.74) is 0.841. The third-order valence-corrected chi connectivity index (χ3v) is 2.56. The van der Waals surface area contributed by atoms with E-state index in [1.807, 2.05) is 20.8 Å². The van der Waals surface area contributed by atoms with Crippen LogP contribution in [0.15, 0.2) is 11.8 Å². The number of methoxy groups -OCH3 is 1. The highest BCUT2D eigenvalue weighted by Gasteiger charge is 2.23. The monoisotopic (exact) mass is 241 g/mol. The van der Waals surface area contributed by atoms with Crippen molar-refractivity contribution in [2.24, 2.45) is 0 Å². The molecule has 17 heavy (non-hydrogen) atoms. The molecule has 0 aromatic heterocycles. The highest BCUT2D eigenvalue weighted by Crippen LogP contribution is 2.18. The van der Waals surface area contributed by atoms with E-state index in [9.17, 15) is 4.79 Å². The summed E-state index contributed by atoms with van der Waals surface area (Å²) >= 11 is 0. The topological polar surface area (TPSA) is 38.8 Å². The van der Waals surface area contributed by atoms with Gasteiger partial charge in [0.25, 0.3) is 0 Å². The van der Waals surface area contributed by atoms with Crippen LogP contribution >= 0.6 is 0 Å². The molecule has 0 bridgehead atoms. The van der Waals surface area contributed by atoms with E-state index in [4.69, 9.17) is 9.47 Å². The van der Waals surface area contributed by atoms with Gasteiger partial charge in [-0.05, 0) is 45.6 Å². The molecule has 0 radical (unpaired) electrons. The van der Waals surface area contributed by atoms with E-state index < -0.39 is 5.60 Å². The zero-order valence-corrected chi connectivity index (χ0v) is 11.3. The van der Waals surface area contributed by atoms with Crippen LogP contribution in [0.2, 0.25) is 0 Å². The molecule has 1 heterocycles. The molecule has 1 fully saturated rings. The minimum atomic E-state index is -0.422. The van der Waals surface area contributed by atoms with Gasteiger partial charge >= 0.3 is 6.09 Å². The standard InChI is InChI=1S/C13H23NO3/c1-13(2,3)17-12(15)14-8-5-6-11(7-9-14)10-16-4/h10H,5-9H2,1-4H3/b11-10+. The molecular formula is C13H23NO3. The van der Waals surface area contributed by atoms with Crippen LogP contribution in [-0.4, -0.2) is 36.8 Å². The molecule has 1 rings (SSSR count). The molecular weight excluding hydrogens is 218 g/mol. The van der Waals surface area contributed by atoms with Crippen molar-refractivity contribution in [1.82, 2.24) is 4.90 Å². The second-order valence-electron chi connectivity index (χ2n) is 5.33. The Kier molecular flexibility index (Phi) is 4.85. The van der Waals surface area contributed by atoms with E-state index in [2.05, 4.69) is 0 Å². The van der Waals surface area contributed by atoms with Crippen molar-refractivity contribution in [1.29, 1.82) is 0 Å². The predicted molar refractivity (Wildman–Crippen MR) is 66.8 cm³/mol. The smallest absolute Gasteiger partial charge is 0.410 e.